The minimum Gasteiger partial charge on any atom is -0.508 e. The maximum Gasteiger partial charge on any atom is 0.178 e. The zero-order chi connectivity index (χ0) is 14.7. The van der Waals surface area contributed by atoms with Crippen molar-refractivity contribution in [3.05, 3.63) is 48.6 Å². The van der Waals surface area contributed by atoms with Gasteiger partial charge in [0.25, 0.3) is 0 Å². The summed E-state index contributed by atoms with van der Waals surface area (Å²) < 4.78 is 0. The molecule has 0 radical (unpaired) electrons. The van der Waals surface area contributed by atoms with E-state index >= 15 is 0 Å². The number of hydrogen-bond acceptors (Lipinski definition) is 3. The topological polar surface area (TPSA) is 49.7 Å². The molecular weight excluding hydrogens is 238 g/mol. The zero-order valence-corrected chi connectivity index (χ0v) is 11.9. The summed E-state index contributed by atoms with van der Waals surface area (Å²) in [6, 6.07) is 6.56. The third-order valence-corrected chi connectivity index (χ3v) is 1.94. The molecular formula is C16H21NO2. The van der Waals surface area contributed by atoms with Gasteiger partial charge in [-0.3, -0.25) is 4.79 Å². The maximum absolute atomic E-state index is 10.8. The molecule has 0 fully saturated rings. The first-order valence-corrected chi connectivity index (χ1v) is 6.52. The summed E-state index contributed by atoms with van der Waals surface area (Å²) in [6.07, 6.45) is 6.27. The van der Waals surface area contributed by atoms with Crippen molar-refractivity contribution in [3.63, 3.8) is 0 Å². The Morgan fingerprint density at radius 1 is 0.842 bits per heavy atom. The molecule has 0 aliphatic heterocycles. The van der Waals surface area contributed by atoms with Crippen molar-refractivity contribution in [3.8, 4) is 5.75 Å². The molecule has 19 heavy (non-hydrogen) atoms. The van der Waals surface area contributed by atoms with Crippen molar-refractivity contribution in [2.45, 2.75) is 27.7 Å². The van der Waals surface area contributed by atoms with Gasteiger partial charge in [0, 0.05) is 0 Å². The molecule has 1 aliphatic carbocycles. The number of carbonyl (C=O) groups excluding carboxylic acids is 1. The number of aliphatic imine (C=N–C) groups is 1. The molecule has 3 nitrogen and oxygen atoms in total. The number of allylic oxidation sites excluding steroid dienone is 4. The van der Waals surface area contributed by atoms with Crippen LogP contribution in [0, 0.1) is 0 Å². The Morgan fingerprint density at radius 2 is 1.32 bits per heavy atom. The molecule has 0 bridgehead atoms. The molecule has 1 aromatic carbocycles. The van der Waals surface area contributed by atoms with Crippen LogP contribution in [0.25, 0.3) is 0 Å². The first-order valence-electron chi connectivity index (χ1n) is 6.52. The molecule has 0 unspecified atom stereocenters. The van der Waals surface area contributed by atoms with Crippen molar-refractivity contribution in [2.24, 2.45) is 4.99 Å². The van der Waals surface area contributed by atoms with Crippen LogP contribution in [-0.2, 0) is 4.79 Å². The van der Waals surface area contributed by atoms with Crippen LogP contribution in [-0.4, -0.2) is 16.6 Å². The number of ketones is 1. The number of rotatable bonds is 1. The molecule has 0 heterocycles. The normalized spacial score (nSPS) is 12.0. The van der Waals surface area contributed by atoms with Gasteiger partial charge in [0.05, 0.1) is 11.4 Å². The highest BCUT2D eigenvalue weighted by atomic mass is 16.3. The molecule has 2 rings (SSSR count). The Morgan fingerprint density at radius 3 is 1.79 bits per heavy atom. The van der Waals surface area contributed by atoms with Gasteiger partial charge in [-0.25, -0.2) is 4.99 Å². The number of benzene rings is 1. The Balaban J connectivity index is 0.000000741. The van der Waals surface area contributed by atoms with Gasteiger partial charge in [0.2, 0.25) is 0 Å². The first-order chi connectivity index (χ1) is 9.24. The van der Waals surface area contributed by atoms with Crippen LogP contribution >= 0.6 is 0 Å². The van der Waals surface area contributed by atoms with Gasteiger partial charge < -0.3 is 5.11 Å². The van der Waals surface area contributed by atoms with E-state index in [2.05, 4.69) is 4.99 Å². The van der Waals surface area contributed by atoms with Gasteiger partial charge in [-0.2, -0.15) is 0 Å². The summed E-state index contributed by atoms with van der Waals surface area (Å²) >= 11 is 0. The van der Waals surface area contributed by atoms with E-state index in [1.54, 1.807) is 36.4 Å². The Labute approximate surface area is 115 Å². The maximum atomic E-state index is 10.8. The molecule has 102 valence electrons. The van der Waals surface area contributed by atoms with E-state index in [9.17, 15) is 4.79 Å². The molecule has 1 aromatic rings. The van der Waals surface area contributed by atoms with E-state index in [1.807, 2.05) is 27.7 Å². The molecule has 3 heteroatoms. The summed E-state index contributed by atoms with van der Waals surface area (Å²) in [4.78, 5) is 15.1. The average molecular weight is 259 g/mol. The highest BCUT2D eigenvalue weighted by Crippen LogP contribution is 2.17. The summed E-state index contributed by atoms with van der Waals surface area (Å²) in [5.41, 5.74) is 1.46. The lowest BCUT2D eigenvalue weighted by Gasteiger charge is -1.99. The largest absolute Gasteiger partial charge is 0.508 e. The second kappa shape index (κ2) is 9.83. The zero-order valence-electron chi connectivity index (χ0n) is 11.9. The van der Waals surface area contributed by atoms with Crippen LogP contribution < -0.4 is 0 Å². The number of phenolic OH excluding ortho intramolecular Hbond substituents is 1. The lowest BCUT2D eigenvalue weighted by atomic mass is 10.1. The Bertz CT molecular complexity index is 450. The van der Waals surface area contributed by atoms with Gasteiger partial charge in [-0.05, 0) is 48.6 Å². The van der Waals surface area contributed by atoms with Gasteiger partial charge in [0.15, 0.2) is 5.78 Å². The SMILES string of the molecule is CC.CC.O=C1C=CC(=Nc2ccc(O)cc2)C=C1. The van der Waals surface area contributed by atoms with E-state index in [-0.39, 0.29) is 11.5 Å². The number of carbonyl (C=O) groups is 1. The highest BCUT2D eigenvalue weighted by Gasteiger charge is 1.99. The number of phenols is 1. The molecule has 0 spiro atoms. The lowest BCUT2D eigenvalue weighted by Crippen LogP contribution is -1.98. The summed E-state index contributed by atoms with van der Waals surface area (Å²) in [7, 11) is 0. The Hall–Kier alpha value is -2.16. The molecule has 0 amide bonds. The van der Waals surface area contributed by atoms with E-state index in [1.165, 1.54) is 12.2 Å². The number of hydrogen-bond donors (Lipinski definition) is 1. The second-order valence-corrected chi connectivity index (χ2v) is 3.12. The fourth-order valence-electron chi connectivity index (χ4n) is 1.20. The van der Waals surface area contributed by atoms with Gasteiger partial charge in [-0.1, -0.05) is 27.7 Å². The summed E-state index contributed by atoms with van der Waals surface area (Å²) in [6.45, 7) is 8.00. The van der Waals surface area contributed by atoms with Crippen LogP contribution in [0.1, 0.15) is 27.7 Å². The minimum absolute atomic E-state index is 0.0281. The van der Waals surface area contributed by atoms with Crippen molar-refractivity contribution in [1.82, 2.24) is 0 Å². The highest BCUT2D eigenvalue weighted by molar-refractivity contribution is 6.17. The summed E-state index contributed by atoms with van der Waals surface area (Å²) in [5.74, 6) is 0.184. The Kier molecular flexibility index (Phi) is 8.71. The number of aromatic hydroxyl groups is 1. The molecule has 1 N–H and O–H groups in total. The minimum atomic E-state index is -0.0281. The molecule has 0 aromatic heterocycles. The first kappa shape index (κ1) is 16.8. The van der Waals surface area contributed by atoms with E-state index in [4.69, 9.17) is 5.11 Å². The lowest BCUT2D eigenvalue weighted by molar-refractivity contribution is -0.110. The number of nitrogens with zero attached hydrogens (tertiary/aromatic N) is 1. The fraction of sp³-hybridized carbons (Fsp3) is 0.250. The molecule has 0 saturated heterocycles. The summed E-state index contributed by atoms with van der Waals surface area (Å²) in [5, 5.41) is 9.08. The monoisotopic (exact) mass is 259 g/mol. The van der Waals surface area contributed by atoms with Crippen molar-refractivity contribution < 1.29 is 9.90 Å². The van der Waals surface area contributed by atoms with Crippen LogP contribution in [0.4, 0.5) is 5.69 Å². The van der Waals surface area contributed by atoms with E-state index < -0.39 is 0 Å². The third-order valence-electron chi connectivity index (χ3n) is 1.94. The van der Waals surface area contributed by atoms with Crippen molar-refractivity contribution in [1.29, 1.82) is 0 Å². The van der Waals surface area contributed by atoms with E-state index in [0.29, 0.717) is 0 Å². The predicted molar refractivity (Wildman–Crippen MR) is 81.2 cm³/mol. The quantitative estimate of drug-likeness (QED) is 0.768. The van der Waals surface area contributed by atoms with Crippen LogP contribution in [0.15, 0.2) is 53.6 Å². The second-order valence-electron chi connectivity index (χ2n) is 3.12. The smallest absolute Gasteiger partial charge is 0.178 e. The average Bonchev–Trinajstić information content (AvgIpc) is 2.48. The van der Waals surface area contributed by atoms with Gasteiger partial charge in [-0.15, -0.1) is 0 Å². The molecule has 1 aliphatic rings. The van der Waals surface area contributed by atoms with E-state index in [0.717, 1.165) is 11.4 Å². The van der Waals surface area contributed by atoms with Crippen LogP contribution in [0.5, 0.6) is 5.75 Å². The predicted octanol–water partition coefficient (Wildman–Crippen LogP) is 4.21. The molecule has 0 saturated carbocycles. The van der Waals surface area contributed by atoms with Crippen molar-refractivity contribution >= 4 is 17.2 Å². The van der Waals surface area contributed by atoms with Crippen LogP contribution in [0.3, 0.4) is 0 Å². The van der Waals surface area contributed by atoms with Gasteiger partial charge >= 0.3 is 0 Å². The third kappa shape index (κ3) is 6.36. The fourth-order valence-corrected chi connectivity index (χ4v) is 1.20. The van der Waals surface area contributed by atoms with Crippen LogP contribution in [0.2, 0.25) is 0 Å². The van der Waals surface area contributed by atoms with Gasteiger partial charge in [0.1, 0.15) is 5.75 Å². The molecule has 0 atom stereocenters. The standard InChI is InChI=1S/C12H9NO2.2C2H6/c14-11-5-1-9(2-6-11)13-10-3-7-12(15)8-4-10;2*1-2/h1-8,14H;2*1-2H3. The van der Waals surface area contributed by atoms with Crippen molar-refractivity contribution in [2.75, 3.05) is 0 Å².